The number of carboxylic acids is 1. The average Bonchev–Trinajstić information content (AvgIpc) is 2.27. The molecule has 13 heavy (non-hydrogen) atoms. The van der Waals surface area contributed by atoms with Crippen molar-refractivity contribution in [2.24, 2.45) is 11.8 Å². The number of rotatable bonds is 3. The van der Waals surface area contributed by atoms with Crippen LogP contribution in [-0.4, -0.2) is 21.6 Å². The summed E-state index contributed by atoms with van der Waals surface area (Å²) in [6, 6.07) is 0. The molecule has 0 bridgehead atoms. The van der Waals surface area contributed by atoms with E-state index >= 15 is 0 Å². The molecular weight excluding hydrogens is 184 g/mol. The largest absolute Gasteiger partial charge is 0.481 e. The van der Waals surface area contributed by atoms with E-state index in [4.69, 9.17) is 5.11 Å². The number of thioether (sulfide) groups is 1. The molecule has 0 aromatic carbocycles. The van der Waals surface area contributed by atoms with Crippen molar-refractivity contribution in [1.82, 2.24) is 0 Å². The first-order chi connectivity index (χ1) is 5.93. The monoisotopic (exact) mass is 202 g/mol. The molecule has 0 aliphatic carbocycles. The van der Waals surface area contributed by atoms with Crippen molar-refractivity contribution >= 4 is 17.7 Å². The topological polar surface area (TPSA) is 37.3 Å². The Morgan fingerprint density at radius 2 is 2.31 bits per heavy atom. The second-order valence-corrected chi connectivity index (χ2v) is 6.17. The van der Waals surface area contributed by atoms with Crippen LogP contribution < -0.4 is 0 Å². The fraction of sp³-hybridized carbons (Fsp3) is 0.900. The van der Waals surface area contributed by atoms with E-state index in [0.717, 1.165) is 0 Å². The summed E-state index contributed by atoms with van der Waals surface area (Å²) in [5.41, 5.74) is 0. The molecule has 1 saturated heterocycles. The van der Waals surface area contributed by atoms with Crippen LogP contribution in [0.2, 0.25) is 0 Å². The lowest BCUT2D eigenvalue weighted by Gasteiger charge is -2.30. The molecule has 0 radical (unpaired) electrons. The van der Waals surface area contributed by atoms with Crippen LogP contribution in [0.4, 0.5) is 0 Å². The van der Waals surface area contributed by atoms with Crippen molar-refractivity contribution in [3.05, 3.63) is 0 Å². The molecular formula is C10H18O2S. The minimum absolute atomic E-state index is 0.273. The van der Waals surface area contributed by atoms with Gasteiger partial charge in [0.15, 0.2) is 0 Å². The Morgan fingerprint density at radius 3 is 2.69 bits per heavy atom. The molecule has 1 fully saturated rings. The Balaban J connectivity index is 2.55. The predicted molar refractivity (Wildman–Crippen MR) is 56.1 cm³/mol. The van der Waals surface area contributed by atoms with Crippen molar-refractivity contribution in [3.8, 4) is 0 Å². The van der Waals surface area contributed by atoms with Crippen LogP contribution in [0, 0.1) is 11.8 Å². The number of carboxylic acid groups (broad SMARTS) is 1. The fourth-order valence-corrected chi connectivity index (χ4v) is 3.75. The highest BCUT2D eigenvalue weighted by atomic mass is 32.2. The molecule has 1 rings (SSSR count). The zero-order chi connectivity index (χ0) is 10.1. The van der Waals surface area contributed by atoms with E-state index in [9.17, 15) is 4.79 Å². The van der Waals surface area contributed by atoms with Gasteiger partial charge in [-0.3, -0.25) is 4.79 Å². The van der Waals surface area contributed by atoms with Gasteiger partial charge in [-0.2, -0.15) is 11.8 Å². The summed E-state index contributed by atoms with van der Waals surface area (Å²) in [5, 5.41) is 8.71. The molecule has 76 valence electrons. The van der Waals surface area contributed by atoms with E-state index in [-0.39, 0.29) is 4.75 Å². The van der Waals surface area contributed by atoms with Crippen molar-refractivity contribution in [2.45, 2.75) is 38.4 Å². The molecule has 3 heteroatoms. The normalized spacial score (nSPS) is 28.7. The van der Waals surface area contributed by atoms with Crippen LogP contribution in [0.5, 0.6) is 0 Å². The zero-order valence-corrected chi connectivity index (χ0v) is 9.36. The molecule has 2 nitrogen and oxygen atoms in total. The molecule has 1 aliphatic rings. The second kappa shape index (κ2) is 3.91. The first-order valence-electron chi connectivity index (χ1n) is 4.79. The Morgan fingerprint density at radius 1 is 1.69 bits per heavy atom. The number of carbonyl (C=O) groups is 1. The summed E-state index contributed by atoms with van der Waals surface area (Å²) in [5.74, 6) is 1.39. The van der Waals surface area contributed by atoms with E-state index < -0.39 is 5.97 Å². The molecule has 1 aliphatic heterocycles. The summed E-state index contributed by atoms with van der Waals surface area (Å²) in [6.07, 6.45) is 1.49. The molecule has 2 unspecified atom stereocenters. The first-order valence-corrected chi connectivity index (χ1v) is 5.78. The SMILES string of the molecule is CC(CC(=O)O)C1CCSC1(C)C. The minimum Gasteiger partial charge on any atom is -0.481 e. The molecule has 0 saturated carbocycles. The molecule has 0 aromatic heterocycles. The Hall–Kier alpha value is -0.180. The van der Waals surface area contributed by atoms with E-state index in [1.807, 2.05) is 11.8 Å². The van der Waals surface area contributed by atoms with Gasteiger partial charge in [-0.1, -0.05) is 20.8 Å². The first kappa shape index (κ1) is 10.9. The van der Waals surface area contributed by atoms with Gasteiger partial charge in [0.1, 0.15) is 0 Å². The molecule has 0 amide bonds. The van der Waals surface area contributed by atoms with E-state index in [0.29, 0.717) is 18.3 Å². The summed E-state index contributed by atoms with van der Waals surface area (Å²) in [4.78, 5) is 10.6. The van der Waals surface area contributed by atoms with E-state index in [2.05, 4.69) is 20.8 Å². The van der Waals surface area contributed by atoms with Crippen LogP contribution in [-0.2, 0) is 4.79 Å². The van der Waals surface area contributed by atoms with Gasteiger partial charge >= 0.3 is 5.97 Å². The van der Waals surface area contributed by atoms with Gasteiger partial charge in [0.25, 0.3) is 0 Å². The van der Waals surface area contributed by atoms with Gasteiger partial charge in [-0.05, 0) is 24.0 Å². The van der Waals surface area contributed by atoms with Gasteiger partial charge in [0.05, 0.1) is 0 Å². The average molecular weight is 202 g/mol. The Bertz CT molecular complexity index is 201. The van der Waals surface area contributed by atoms with Crippen molar-refractivity contribution < 1.29 is 9.90 Å². The van der Waals surface area contributed by atoms with Crippen LogP contribution >= 0.6 is 11.8 Å². The Kier molecular flexibility index (Phi) is 3.28. The quantitative estimate of drug-likeness (QED) is 0.764. The highest BCUT2D eigenvalue weighted by Gasteiger charge is 2.38. The van der Waals surface area contributed by atoms with Gasteiger partial charge in [0.2, 0.25) is 0 Å². The molecule has 0 spiro atoms. The maximum absolute atomic E-state index is 10.6. The smallest absolute Gasteiger partial charge is 0.303 e. The lowest BCUT2D eigenvalue weighted by atomic mass is 9.80. The third kappa shape index (κ3) is 2.63. The van der Waals surface area contributed by atoms with Gasteiger partial charge in [-0.15, -0.1) is 0 Å². The highest BCUT2D eigenvalue weighted by Crippen LogP contribution is 2.46. The lowest BCUT2D eigenvalue weighted by Crippen LogP contribution is -2.29. The summed E-state index contributed by atoms with van der Waals surface area (Å²) < 4.78 is 0.273. The highest BCUT2D eigenvalue weighted by molar-refractivity contribution is 8.00. The van der Waals surface area contributed by atoms with Crippen LogP contribution in [0.25, 0.3) is 0 Å². The molecule has 2 atom stereocenters. The third-order valence-electron chi connectivity index (χ3n) is 2.98. The fourth-order valence-electron chi connectivity index (χ4n) is 2.29. The summed E-state index contributed by atoms with van der Waals surface area (Å²) >= 11 is 1.97. The number of hydrogen-bond donors (Lipinski definition) is 1. The third-order valence-corrected chi connectivity index (χ3v) is 4.47. The standard InChI is InChI=1S/C10H18O2S/c1-7(6-9(11)12)8-4-5-13-10(8,2)3/h7-8H,4-6H2,1-3H3,(H,11,12). The van der Waals surface area contributed by atoms with Crippen LogP contribution in [0.3, 0.4) is 0 Å². The Labute approximate surface area is 84.1 Å². The van der Waals surface area contributed by atoms with Crippen LogP contribution in [0.1, 0.15) is 33.6 Å². The number of aliphatic carboxylic acids is 1. The maximum Gasteiger partial charge on any atom is 0.303 e. The minimum atomic E-state index is -0.666. The van der Waals surface area contributed by atoms with Crippen molar-refractivity contribution in [1.29, 1.82) is 0 Å². The van der Waals surface area contributed by atoms with Gasteiger partial charge in [-0.25, -0.2) is 0 Å². The number of hydrogen-bond acceptors (Lipinski definition) is 2. The van der Waals surface area contributed by atoms with Crippen molar-refractivity contribution in [2.75, 3.05) is 5.75 Å². The summed E-state index contributed by atoms with van der Waals surface area (Å²) in [6.45, 7) is 6.52. The van der Waals surface area contributed by atoms with Gasteiger partial charge < -0.3 is 5.11 Å². The van der Waals surface area contributed by atoms with Gasteiger partial charge in [0, 0.05) is 11.2 Å². The molecule has 0 aromatic rings. The molecule has 1 heterocycles. The van der Waals surface area contributed by atoms with Crippen LogP contribution in [0.15, 0.2) is 0 Å². The lowest BCUT2D eigenvalue weighted by molar-refractivity contribution is -0.138. The maximum atomic E-state index is 10.6. The van der Waals surface area contributed by atoms with Crippen molar-refractivity contribution in [3.63, 3.8) is 0 Å². The van der Waals surface area contributed by atoms with E-state index in [1.165, 1.54) is 12.2 Å². The zero-order valence-electron chi connectivity index (χ0n) is 8.54. The molecule has 1 N–H and O–H groups in total. The second-order valence-electron chi connectivity index (χ2n) is 4.42. The predicted octanol–water partition coefficient (Wildman–Crippen LogP) is 2.63. The van der Waals surface area contributed by atoms with E-state index in [1.54, 1.807) is 0 Å². The summed E-state index contributed by atoms with van der Waals surface area (Å²) in [7, 11) is 0.